The number of hydrogen-bond donors (Lipinski definition) is 1. The molecule has 136 valence electrons. The SMILES string of the molecule is CCCCOc1ccc(NC(=O)C(C)(CCCC)OCCC)cn1. The lowest BCUT2D eigenvalue weighted by Gasteiger charge is -2.28. The van der Waals surface area contributed by atoms with Crippen molar-refractivity contribution in [3.63, 3.8) is 0 Å². The molecule has 1 aromatic heterocycles. The van der Waals surface area contributed by atoms with Gasteiger partial charge in [0.1, 0.15) is 5.60 Å². The van der Waals surface area contributed by atoms with Crippen molar-refractivity contribution in [3.8, 4) is 5.88 Å². The summed E-state index contributed by atoms with van der Waals surface area (Å²) in [6, 6.07) is 3.59. The van der Waals surface area contributed by atoms with Gasteiger partial charge in [-0.1, -0.05) is 40.0 Å². The van der Waals surface area contributed by atoms with Gasteiger partial charge in [0.2, 0.25) is 5.88 Å². The van der Waals surface area contributed by atoms with E-state index >= 15 is 0 Å². The van der Waals surface area contributed by atoms with Crippen molar-refractivity contribution in [1.82, 2.24) is 4.98 Å². The van der Waals surface area contributed by atoms with E-state index in [0.29, 0.717) is 31.2 Å². The molecule has 0 saturated heterocycles. The van der Waals surface area contributed by atoms with E-state index in [1.807, 2.05) is 19.9 Å². The van der Waals surface area contributed by atoms with Crippen LogP contribution in [0, 0.1) is 0 Å². The van der Waals surface area contributed by atoms with Gasteiger partial charge in [-0.2, -0.15) is 0 Å². The summed E-state index contributed by atoms with van der Waals surface area (Å²) >= 11 is 0. The zero-order valence-corrected chi connectivity index (χ0v) is 15.6. The number of amides is 1. The highest BCUT2D eigenvalue weighted by atomic mass is 16.5. The van der Waals surface area contributed by atoms with E-state index in [1.54, 1.807) is 12.3 Å². The molecular weight excluding hydrogens is 304 g/mol. The molecule has 24 heavy (non-hydrogen) atoms. The van der Waals surface area contributed by atoms with Crippen molar-refractivity contribution in [2.24, 2.45) is 0 Å². The Morgan fingerprint density at radius 3 is 2.46 bits per heavy atom. The number of rotatable bonds is 12. The second-order valence-corrected chi connectivity index (χ2v) is 6.22. The molecule has 1 aromatic rings. The van der Waals surface area contributed by atoms with Crippen molar-refractivity contribution in [2.45, 2.75) is 71.8 Å². The molecule has 0 saturated carbocycles. The van der Waals surface area contributed by atoms with Crippen molar-refractivity contribution >= 4 is 11.6 Å². The van der Waals surface area contributed by atoms with Gasteiger partial charge < -0.3 is 14.8 Å². The van der Waals surface area contributed by atoms with Gasteiger partial charge in [0.05, 0.1) is 18.5 Å². The van der Waals surface area contributed by atoms with Gasteiger partial charge in [0.25, 0.3) is 5.91 Å². The van der Waals surface area contributed by atoms with E-state index in [9.17, 15) is 4.79 Å². The van der Waals surface area contributed by atoms with Crippen LogP contribution >= 0.6 is 0 Å². The summed E-state index contributed by atoms with van der Waals surface area (Å²) in [5.41, 5.74) is -0.145. The maximum Gasteiger partial charge on any atom is 0.256 e. The number of carbonyl (C=O) groups excluding carboxylic acids is 1. The van der Waals surface area contributed by atoms with Crippen LogP contribution in [-0.2, 0) is 9.53 Å². The maximum atomic E-state index is 12.6. The van der Waals surface area contributed by atoms with E-state index in [1.165, 1.54) is 0 Å². The Labute approximate surface area is 146 Å². The van der Waals surface area contributed by atoms with Crippen LogP contribution in [0.5, 0.6) is 5.88 Å². The molecule has 1 atom stereocenters. The van der Waals surface area contributed by atoms with Crippen LogP contribution in [0.15, 0.2) is 18.3 Å². The number of nitrogens with zero attached hydrogens (tertiary/aromatic N) is 1. The van der Waals surface area contributed by atoms with Crippen molar-refractivity contribution in [1.29, 1.82) is 0 Å². The molecule has 1 unspecified atom stereocenters. The number of pyridine rings is 1. The normalized spacial score (nSPS) is 13.3. The first kappa shape index (κ1) is 20.4. The van der Waals surface area contributed by atoms with E-state index in [0.717, 1.165) is 32.1 Å². The molecule has 0 bridgehead atoms. The largest absolute Gasteiger partial charge is 0.478 e. The summed E-state index contributed by atoms with van der Waals surface area (Å²) in [6.07, 6.45) is 7.30. The predicted molar refractivity (Wildman–Crippen MR) is 97.4 cm³/mol. The smallest absolute Gasteiger partial charge is 0.256 e. The molecule has 0 fully saturated rings. The molecule has 0 radical (unpaired) electrons. The number of ether oxygens (including phenoxy) is 2. The first-order valence-corrected chi connectivity index (χ1v) is 9.10. The lowest BCUT2D eigenvalue weighted by molar-refractivity contribution is -0.140. The molecule has 1 rings (SSSR count). The van der Waals surface area contributed by atoms with Crippen LogP contribution in [0.25, 0.3) is 0 Å². The molecule has 0 spiro atoms. The topological polar surface area (TPSA) is 60.5 Å². The molecule has 1 heterocycles. The van der Waals surface area contributed by atoms with Crippen LogP contribution in [0.3, 0.4) is 0 Å². The molecule has 5 nitrogen and oxygen atoms in total. The number of unbranched alkanes of at least 4 members (excludes halogenated alkanes) is 2. The highest BCUT2D eigenvalue weighted by Crippen LogP contribution is 2.22. The Kier molecular flexibility index (Phi) is 9.38. The van der Waals surface area contributed by atoms with Gasteiger partial charge >= 0.3 is 0 Å². The number of anilines is 1. The van der Waals surface area contributed by atoms with Gasteiger partial charge in [-0.15, -0.1) is 0 Å². The van der Waals surface area contributed by atoms with Gasteiger partial charge in [-0.3, -0.25) is 4.79 Å². The first-order chi connectivity index (χ1) is 11.6. The van der Waals surface area contributed by atoms with E-state index in [4.69, 9.17) is 9.47 Å². The Hall–Kier alpha value is -1.62. The molecule has 0 aliphatic rings. The third-order valence-corrected chi connectivity index (χ3v) is 3.85. The van der Waals surface area contributed by atoms with Crippen LogP contribution < -0.4 is 10.1 Å². The van der Waals surface area contributed by atoms with Crippen LogP contribution in [0.2, 0.25) is 0 Å². The fourth-order valence-corrected chi connectivity index (χ4v) is 2.22. The summed E-state index contributed by atoms with van der Waals surface area (Å²) in [5, 5.41) is 2.91. The number of hydrogen-bond acceptors (Lipinski definition) is 4. The Balaban J connectivity index is 2.65. The lowest BCUT2D eigenvalue weighted by Crippen LogP contribution is -2.43. The Bertz CT molecular complexity index is 466. The second-order valence-electron chi connectivity index (χ2n) is 6.22. The number of nitrogens with one attached hydrogen (secondary N) is 1. The average Bonchev–Trinajstić information content (AvgIpc) is 2.60. The first-order valence-electron chi connectivity index (χ1n) is 9.10. The second kappa shape index (κ2) is 11.0. The van der Waals surface area contributed by atoms with Crippen LogP contribution in [0.1, 0.15) is 66.2 Å². The Morgan fingerprint density at radius 1 is 1.12 bits per heavy atom. The fourth-order valence-electron chi connectivity index (χ4n) is 2.22. The Morgan fingerprint density at radius 2 is 1.88 bits per heavy atom. The van der Waals surface area contributed by atoms with Gasteiger partial charge in [-0.25, -0.2) is 4.98 Å². The predicted octanol–water partition coefficient (Wildman–Crippen LogP) is 4.57. The summed E-state index contributed by atoms with van der Waals surface area (Å²) in [7, 11) is 0. The third-order valence-electron chi connectivity index (χ3n) is 3.85. The van der Waals surface area contributed by atoms with Crippen molar-refractivity contribution in [3.05, 3.63) is 18.3 Å². The lowest BCUT2D eigenvalue weighted by atomic mass is 9.97. The van der Waals surface area contributed by atoms with Crippen molar-refractivity contribution < 1.29 is 14.3 Å². The van der Waals surface area contributed by atoms with Gasteiger partial charge in [0, 0.05) is 12.7 Å². The van der Waals surface area contributed by atoms with Crippen LogP contribution in [0.4, 0.5) is 5.69 Å². The maximum absolute atomic E-state index is 12.6. The summed E-state index contributed by atoms with van der Waals surface area (Å²) < 4.78 is 11.4. The van der Waals surface area contributed by atoms with E-state index in [2.05, 4.69) is 24.1 Å². The van der Waals surface area contributed by atoms with Gasteiger partial charge in [0.15, 0.2) is 0 Å². The highest BCUT2D eigenvalue weighted by Gasteiger charge is 2.33. The standard InChI is InChI=1S/C19H32N2O3/c1-5-8-12-19(4,24-13-7-3)18(22)21-16-10-11-17(20-15-16)23-14-9-6-2/h10-11,15H,5-9,12-14H2,1-4H3,(H,21,22). The highest BCUT2D eigenvalue weighted by molar-refractivity contribution is 5.96. The molecule has 1 N–H and O–H groups in total. The number of aromatic nitrogens is 1. The monoisotopic (exact) mass is 336 g/mol. The van der Waals surface area contributed by atoms with E-state index < -0.39 is 5.60 Å². The minimum atomic E-state index is -0.803. The summed E-state index contributed by atoms with van der Waals surface area (Å²) in [6.45, 7) is 9.37. The molecule has 5 heteroatoms. The molecular formula is C19H32N2O3. The molecule has 1 amide bonds. The zero-order valence-electron chi connectivity index (χ0n) is 15.6. The zero-order chi connectivity index (χ0) is 17.8. The summed E-state index contributed by atoms with van der Waals surface area (Å²) in [4.78, 5) is 16.9. The fraction of sp³-hybridized carbons (Fsp3) is 0.684. The van der Waals surface area contributed by atoms with Crippen molar-refractivity contribution in [2.75, 3.05) is 18.5 Å². The quantitative estimate of drug-likeness (QED) is 0.568. The average molecular weight is 336 g/mol. The van der Waals surface area contributed by atoms with Gasteiger partial charge in [-0.05, 0) is 32.3 Å². The number of carbonyl (C=O) groups is 1. The minimum Gasteiger partial charge on any atom is -0.478 e. The van der Waals surface area contributed by atoms with Crippen LogP contribution in [-0.4, -0.2) is 29.7 Å². The van der Waals surface area contributed by atoms with E-state index in [-0.39, 0.29) is 5.91 Å². The molecule has 0 aliphatic heterocycles. The minimum absolute atomic E-state index is 0.120. The molecule has 0 aromatic carbocycles. The third kappa shape index (κ3) is 6.87. The summed E-state index contributed by atoms with van der Waals surface area (Å²) in [5.74, 6) is 0.461. The molecule has 0 aliphatic carbocycles.